The maximum Gasteiger partial charge on any atom is 0.244 e. The second-order valence-electron chi connectivity index (χ2n) is 4.28. The predicted molar refractivity (Wildman–Crippen MR) is 79.5 cm³/mol. The zero-order valence-electron chi connectivity index (χ0n) is 9.84. The van der Waals surface area contributed by atoms with Crippen LogP contribution >= 0.6 is 22.6 Å². The standard InChI is InChI=1S/C13H14INO2S/c1-2-11-7-9-15(10-8-11)18(16,17)13-6-4-3-5-12(13)14/h1,3-6,11H,7-10H2. The molecule has 0 bridgehead atoms. The van der Waals surface area contributed by atoms with E-state index in [1.54, 1.807) is 16.4 Å². The fourth-order valence-corrected chi connectivity index (χ4v) is 4.81. The molecule has 96 valence electrons. The van der Waals surface area contributed by atoms with Crippen LogP contribution in [-0.4, -0.2) is 25.8 Å². The third-order valence-corrected chi connectivity index (χ3v) is 6.41. The molecular formula is C13H14INO2S. The van der Waals surface area contributed by atoms with Gasteiger partial charge in [0.15, 0.2) is 0 Å². The topological polar surface area (TPSA) is 37.4 Å². The second kappa shape index (κ2) is 5.59. The average Bonchev–Trinajstić information content (AvgIpc) is 2.39. The minimum atomic E-state index is -3.37. The molecule has 0 radical (unpaired) electrons. The molecule has 1 aromatic rings. The van der Waals surface area contributed by atoms with Crippen LogP contribution in [0.15, 0.2) is 29.2 Å². The summed E-state index contributed by atoms with van der Waals surface area (Å²) in [6.07, 6.45) is 6.87. The van der Waals surface area contributed by atoms with Crippen LogP contribution in [0.25, 0.3) is 0 Å². The molecule has 0 unspecified atom stereocenters. The Balaban J connectivity index is 2.24. The summed E-state index contributed by atoms with van der Waals surface area (Å²) in [5.41, 5.74) is 0. The van der Waals surface area contributed by atoms with E-state index in [1.165, 1.54) is 0 Å². The number of rotatable bonds is 2. The highest BCUT2D eigenvalue weighted by atomic mass is 127. The average molecular weight is 375 g/mol. The number of hydrogen-bond donors (Lipinski definition) is 0. The van der Waals surface area contributed by atoms with Crippen molar-refractivity contribution in [2.45, 2.75) is 17.7 Å². The highest BCUT2D eigenvalue weighted by molar-refractivity contribution is 14.1. The first kappa shape index (κ1) is 13.8. The molecule has 0 atom stereocenters. The number of piperidine rings is 1. The van der Waals surface area contributed by atoms with Crippen molar-refractivity contribution in [1.82, 2.24) is 4.31 Å². The minimum Gasteiger partial charge on any atom is -0.207 e. The molecule has 1 aromatic carbocycles. The Labute approximate surface area is 122 Å². The molecule has 2 rings (SSSR count). The first-order chi connectivity index (χ1) is 8.55. The Hall–Kier alpha value is -0.580. The minimum absolute atomic E-state index is 0.214. The third kappa shape index (κ3) is 2.71. The van der Waals surface area contributed by atoms with Crippen molar-refractivity contribution in [2.75, 3.05) is 13.1 Å². The molecule has 0 N–H and O–H groups in total. The van der Waals surface area contributed by atoms with Gasteiger partial charge in [-0.1, -0.05) is 12.1 Å². The van der Waals surface area contributed by atoms with Gasteiger partial charge in [-0.3, -0.25) is 0 Å². The third-order valence-electron chi connectivity index (χ3n) is 3.14. The number of nitrogens with zero attached hydrogens (tertiary/aromatic N) is 1. The summed E-state index contributed by atoms with van der Waals surface area (Å²) in [6, 6.07) is 7.06. The summed E-state index contributed by atoms with van der Waals surface area (Å²) < 4.78 is 27.2. The summed E-state index contributed by atoms with van der Waals surface area (Å²) in [5.74, 6) is 2.92. The predicted octanol–water partition coefficient (Wildman–Crippen LogP) is 2.33. The molecule has 1 aliphatic heterocycles. The van der Waals surface area contributed by atoms with E-state index >= 15 is 0 Å². The Morgan fingerprint density at radius 2 is 1.89 bits per heavy atom. The monoisotopic (exact) mass is 375 g/mol. The maximum atomic E-state index is 12.5. The van der Waals surface area contributed by atoms with Crippen molar-refractivity contribution in [3.63, 3.8) is 0 Å². The van der Waals surface area contributed by atoms with Crippen molar-refractivity contribution < 1.29 is 8.42 Å². The van der Waals surface area contributed by atoms with Gasteiger partial charge in [0.1, 0.15) is 0 Å². The van der Waals surface area contributed by atoms with Gasteiger partial charge in [-0.15, -0.1) is 12.3 Å². The number of sulfonamides is 1. The molecule has 1 aliphatic rings. The van der Waals surface area contributed by atoms with Crippen molar-refractivity contribution in [3.8, 4) is 12.3 Å². The van der Waals surface area contributed by atoms with E-state index < -0.39 is 10.0 Å². The maximum absolute atomic E-state index is 12.5. The highest BCUT2D eigenvalue weighted by Gasteiger charge is 2.29. The van der Waals surface area contributed by atoms with Crippen molar-refractivity contribution in [3.05, 3.63) is 27.8 Å². The van der Waals surface area contributed by atoms with E-state index in [0.29, 0.717) is 18.0 Å². The Kier molecular flexibility index (Phi) is 4.30. The summed E-state index contributed by atoms with van der Waals surface area (Å²) in [6.45, 7) is 1.03. The molecule has 18 heavy (non-hydrogen) atoms. The molecule has 1 heterocycles. The van der Waals surface area contributed by atoms with Crippen molar-refractivity contribution in [2.24, 2.45) is 5.92 Å². The lowest BCUT2D eigenvalue weighted by molar-refractivity contribution is 0.311. The van der Waals surface area contributed by atoms with E-state index in [9.17, 15) is 8.42 Å². The van der Waals surface area contributed by atoms with Crippen LogP contribution < -0.4 is 0 Å². The van der Waals surface area contributed by atoms with Crippen LogP contribution in [0.3, 0.4) is 0 Å². The molecule has 0 aromatic heterocycles. The van der Waals surface area contributed by atoms with Crippen LogP contribution in [0.1, 0.15) is 12.8 Å². The lowest BCUT2D eigenvalue weighted by Gasteiger charge is -2.29. The van der Waals surface area contributed by atoms with Crippen LogP contribution in [0, 0.1) is 21.8 Å². The van der Waals surface area contributed by atoms with Crippen molar-refractivity contribution >= 4 is 32.6 Å². The summed E-state index contributed by atoms with van der Waals surface area (Å²) in [7, 11) is -3.37. The van der Waals surface area contributed by atoms with Crippen LogP contribution in [-0.2, 0) is 10.0 Å². The second-order valence-corrected chi connectivity index (χ2v) is 7.34. The molecule has 0 amide bonds. The zero-order chi connectivity index (χ0) is 13.2. The van der Waals surface area contributed by atoms with Gasteiger partial charge in [0.25, 0.3) is 0 Å². The summed E-state index contributed by atoms with van der Waals surface area (Å²) in [4.78, 5) is 0.393. The van der Waals surface area contributed by atoms with E-state index in [-0.39, 0.29) is 5.92 Å². The van der Waals surface area contributed by atoms with Gasteiger partial charge in [0.05, 0.1) is 4.90 Å². The van der Waals surface area contributed by atoms with Gasteiger partial charge < -0.3 is 0 Å². The van der Waals surface area contributed by atoms with E-state index in [0.717, 1.165) is 16.4 Å². The highest BCUT2D eigenvalue weighted by Crippen LogP contribution is 2.26. The SMILES string of the molecule is C#CC1CCN(S(=O)(=O)c2ccccc2I)CC1. The van der Waals surface area contributed by atoms with Gasteiger partial charge in [0.2, 0.25) is 10.0 Å². The first-order valence-corrected chi connectivity index (χ1v) is 8.28. The van der Waals surface area contributed by atoms with Gasteiger partial charge in [-0.2, -0.15) is 4.31 Å². The van der Waals surface area contributed by atoms with Gasteiger partial charge in [0, 0.05) is 22.6 Å². The lowest BCUT2D eigenvalue weighted by Crippen LogP contribution is -2.38. The normalized spacial score (nSPS) is 18.4. The molecule has 0 aliphatic carbocycles. The number of hydrogen-bond acceptors (Lipinski definition) is 2. The van der Waals surface area contributed by atoms with Crippen LogP contribution in [0.5, 0.6) is 0 Å². The molecular weight excluding hydrogens is 361 g/mol. The first-order valence-electron chi connectivity index (χ1n) is 5.76. The number of terminal acetylenes is 1. The molecule has 1 saturated heterocycles. The van der Waals surface area contributed by atoms with Gasteiger partial charge in [-0.05, 0) is 47.6 Å². The Morgan fingerprint density at radius 1 is 1.28 bits per heavy atom. The summed E-state index contributed by atoms with van der Waals surface area (Å²) in [5, 5.41) is 0. The molecule has 1 fully saturated rings. The van der Waals surface area contributed by atoms with Crippen LogP contribution in [0.4, 0.5) is 0 Å². The lowest BCUT2D eigenvalue weighted by atomic mass is 10.00. The van der Waals surface area contributed by atoms with Gasteiger partial charge in [-0.25, -0.2) is 8.42 Å². The molecule has 0 spiro atoms. The molecule has 3 nitrogen and oxygen atoms in total. The fraction of sp³-hybridized carbons (Fsp3) is 0.385. The Bertz CT molecular complexity index is 569. The fourth-order valence-electron chi connectivity index (χ4n) is 2.06. The molecule has 0 saturated carbocycles. The van der Waals surface area contributed by atoms with Crippen LogP contribution in [0.2, 0.25) is 0 Å². The Morgan fingerprint density at radius 3 is 2.44 bits per heavy atom. The van der Waals surface area contributed by atoms with Gasteiger partial charge >= 0.3 is 0 Å². The van der Waals surface area contributed by atoms with E-state index in [2.05, 4.69) is 28.5 Å². The van der Waals surface area contributed by atoms with Crippen molar-refractivity contribution in [1.29, 1.82) is 0 Å². The van der Waals surface area contributed by atoms with E-state index in [4.69, 9.17) is 6.42 Å². The quantitative estimate of drug-likeness (QED) is 0.588. The largest absolute Gasteiger partial charge is 0.244 e. The zero-order valence-corrected chi connectivity index (χ0v) is 12.8. The molecule has 5 heteroatoms. The van der Waals surface area contributed by atoms with E-state index in [1.807, 2.05) is 12.1 Å². The number of benzene rings is 1. The smallest absolute Gasteiger partial charge is 0.207 e. The summed E-state index contributed by atoms with van der Waals surface area (Å²) >= 11 is 2.05. The number of halogens is 1.